The Morgan fingerprint density at radius 2 is 2.28 bits per heavy atom. The largest absolute Gasteiger partial charge is 0.343 e. The summed E-state index contributed by atoms with van der Waals surface area (Å²) in [5.74, 6) is 0. The highest BCUT2D eigenvalue weighted by atomic mass is 31.2. The number of aromatic nitrogens is 1. The van der Waals surface area contributed by atoms with Crippen molar-refractivity contribution in [3.05, 3.63) is 42.7 Å². The van der Waals surface area contributed by atoms with E-state index in [1.165, 1.54) is 0 Å². The standard InChI is InChI=1S/C17H31N4O3P/c1-5-8-13-21(4)24-20-19-17(7-3,11-6-2)25(22,23)15-16-10-9-12-18-14-16/h6,9-10,12,14,19-20H,2,5,7-8,11,13,15H2,1,3-4H3,(H,22,23)/t17-/m0/s1. The molecule has 2 atom stereocenters. The highest BCUT2D eigenvalue weighted by molar-refractivity contribution is 7.58. The molecule has 1 heterocycles. The quantitative estimate of drug-likeness (QED) is 0.279. The van der Waals surface area contributed by atoms with Crippen molar-refractivity contribution in [1.82, 2.24) is 21.1 Å². The number of hydroxylamine groups is 2. The van der Waals surface area contributed by atoms with Gasteiger partial charge in [0.2, 0.25) is 7.37 Å². The molecule has 3 N–H and O–H groups in total. The molecular weight excluding hydrogens is 339 g/mol. The molecule has 1 aromatic heterocycles. The van der Waals surface area contributed by atoms with Crippen LogP contribution >= 0.6 is 7.37 Å². The first-order valence-corrected chi connectivity index (χ1v) is 10.5. The van der Waals surface area contributed by atoms with Crippen LogP contribution in [0.2, 0.25) is 0 Å². The van der Waals surface area contributed by atoms with Crippen LogP contribution in [0, 0.1) is 0 Å². The van der Waals surface area contributed by atoms with Gasteiger partial charge in [-0.1, -0.05) is 32.4 Å². The summed E-state index contributed by atoms with van der Waals surface area (Å²) in [6, 6.07) is 3.56. The predicted molar refractivity (Wildman–Crippen MR) is 100 cm³/mol. The van der Waals surface area contributed by atoms with Gasteiger partial charge in [0.05, 0.1) is 6.16 Å². The molecule has 0 amide bonds. The lowest BCUT2D eigenvalue weighted by molar-refractivity contribution is -0.212. The Balaban J connectivity index is 2.82. The molecule has 0 spiro atoms. The van der Waals surface area contributed by atoms with Gasteiger partial charge in [0.1, 0.15) is 5.28 Å². The lowest BCUT2D eigenvalue weighted by atomic mass is 10.1. The fraction of sp³-hybridized carbons (Fsp3) is 0.588. The van der Waals surface area contributed by atoms with E-state index in [0.717, 1.165) is 24.9 Å². The SMILES string of the molecule is C=CC[C@@](CC)(NNON(C)CCCC)P(=O)(O)Cc1cccnc1. The van der Waals surface area contributed by atoms with Gasteiger partial charge in [-0.25, -0.2) is 5.43 Å². The summed E-state index contributed by atoms with van der Waals surface area (Å²) >= 11 is 0. The Morgan fingerprint density at radius 3 is 2.84 bits per heavy atom. The molecule has 0 saturated heterocycles. The van der Waals surface area contributed by atoms with Gasteiger partial charge < -0.3 is 4.89 Å². The van der Waals surface area contributed by atoms with Crippen molar-refractivity contribution in [3.8, 4) is 0 Å². The number of pyridine rings is 1. The van der Waals surface area contributed by atoms with Crippen LogP contribution in [0.3, 0.4) is 0 Å². The van der Waals surface area contributed by atoms with Crippen molar-refractivity contribution >= 4 is 7.37 Å². The van der Waals surface area contributed by atoms with Crippen molar-refractivity contribution in [2.75, 3.05) is 13.6 Å². The van der Waals surface area contributed by atoms with Crippen LogP contribution in [0.1, 0.15) is 45.1 Å². The van der Waals surface area contributed by atoms with Gasteiger partial charge in [-0.05, 0) is 30.9 Å². The number of rotatable bonds is 13. The highest BCUT2D eigenvalue weighted by Gasteiger charge is 2.45. The molecule has 0 saturated carbocycles. The molecule has 1 unspecified atom stereocenters. The predicted octanol–water partition coefficient (Wildman–Crippen LogP) is 3.21. The number of hydrazine groups is 1. The molecule has 0 aliphatic heterocycles. The van der Waals surface area contributed by atoms with Gasteiger partial charge in [-0.15, -0.1) is 12.2 Å². The second-order valence-electron chi connectivity index (χ2n) is 6.12. The summed E-state index contributed by atoms with van der Waals surface area (Å²) in [7, 11) is -1.83. The molecule has 0 aliphatic rings. The third kappa shape index (κ3) is 6.62. The first-order valence-electron chi connectivity index (χ1n) is 8.62. The number of unbranched alkanes of at least 4 members (excludes halogenated alkanes) is 1. The highest BCUT2D eigenvalue weighted by Crippen LogP contribution is 2.58. The molecule has 142 valence electrons. The minimum Gasteiger partial charge on any atom is -0.343 e. The Kier molecular flexibility index (Phi) is 9.50. The summed E-state index contributed by atoms with van der Waals surface area (Å²) in [6.45, 7) is 8.47. The minimum absolute atomic E-state index is 0.0306. The van der Waals surface area contributed by atoms with Gasteiger partial charge in [0.15, 0.2) is 0 Å². The lowest BCUT2D eigenvalue weighted by Crippen LogP contribution is -2.53. The minimum atomic E-state index is -3.64. The molecule has 0 radical (unpaired) electrons. The van der Waals surface area contributed by atoms with E-state index in [9.17, 15) is 9.46 Å². The first kappa shape index (κ1) is 22.0. The van der Waals surface area contributed by atoms with Gasteiger partial charge in [-0.2, -0.15) is 10.0 Å². The molecule has 0 bridgehead atoms. The maximum absolute atomic E-state index is 13.2. The average molecular weight is 370 g/mol. The van der Waals surface area contributed by atoms with E-state index in [1.807, 2.05) is 6.92 Å². The van der Waals surface area contributed by atoms with E-state index in [1.54, 1.807) is 42.7 Å². The topological polar surface area (TPSA) is 86.7 Å². The number of nitrogens with one attached hydrogen (secondary N) is 2. The van der Waals surface area contributed by atoms with Crippen molar-refractivity contribution in [3.63, 3.8) is 0 Å². The van der Waals surface area contributed by atoms with Crippen molar-refractivity contribution < 1.29 is 14.4 Å². The fourth-order valence-electron chi connectivity index (χ4n) is 2.51. The number of hydrogen-bond donors (Lipinski definition) is 3. The molecule has 8 heteroatoms. The Bertz CT molecular complexity index is 558. The van der Waals surface area contributed by atoms with Gasteiger partial charge in [0, 0.05) is 26.0 Å². The molecule has 0 aromatic carbocycles. The van der Waals surface area contributed by atoms with Gasteiger partial charge in [0.25, 0.3) is 0 Å². The Labute approximate surface area is 150 Å². The third-order valence-corrected chi connectivity index (χ3v) is 6.91. The molecule has 0 fully saturated rings. The smallest absolute Gasteiger partial charge is 0.226 e. The van der Waals surface area contributed by atoms with Crippen LogP contribution in [0.15, 0.2) is 37.2 Å². The van der Waals surface area contributed by atoms with E-state index in [4.69, 9.17) is 4.94 Å². The zero-order chi connectivity index (χ0) is 18.8. The number of nitrogens with zero attached hydrogens (tertiary/aromatic N) is 2. The Morgan fingerprint density at radius 1 is 1.52 bits per heavy atom. The second kappa shape index (κ2) is 10.8. The van der Waals surface area contributed by atoms with Crippen molar-refractivity contribution in [2.24, 2.45) is 0 Å². The zero-order valence-corrected chi connectivity index (χ0v) is 16.3. The van der Waals surface area contributed by atoms with Crippen LogP contribution < -0.4 is 11.0 Å². The van der Waals surface area contributed by atoms with E-state index >= 15 is 0 Å². The van der Waals surface area contributed by atoms with Crippen molar-refractivity contribution in [2.45, 2.75) is 51.0 Å². The molecular formula is C17H31N4O3P. The van der Waals surface area contributed by atoms with E-state index in [-0.39, 0.29) is 6.16 Å². The van der Waals surface area contributed by atoms with Crippen LogP contribution in [-0.2, 0) is 15.7 Å². The average Bonchev–Trinajstić information content (AvgIpc) is 2.59. The van der Waals surface area contributed by atoms with E-state index in [0.29, 0.717) is 12.8 Å². The lowest BCUT2D eigenvalue weighted by Gasteiger charge is -2.37. The molecule has 25 heavy (non-hydrogen) atoms. The van der Waals surface area contributed by atoms with Crippen LogP contribution in [0.25, 0.3) is 0 Å². The first-order chi connectivity index (χ1) is 11.9. The molecule has 0 aliphatic carbocycles. The molecule has 1 aromatic rings. The summed E-state index contributed by atoms with van der Waals surface area (Å²) in [4.78, 5) is 20.2. The maximum atomic E-state index is 13.2. The second-order valence-corrected chi connectivity index (χ2v) is 8.70. The molecule has 7 nitrogen and oxygen atoms in total. The van der Waals surface area contributed by atoms with Crippen LogP contribution in [-0.4, -0.2) is 33.8 Å². The monoisotopic (exact) mass is 370 g/mol. The Hall–Kier alpha value is -1.08. The van der Waals surface area contributed by atoms with Gasteiger partial charge >= 0.3 is 0 Å². The fourth-order valence-corrected chi connectivity index (χ4v) is 4.63. The normalized spacial score (nSPS) is 16.4. The maximum Gasteiger partial charge on any atom is 0.226 e. The summed E-state index contributed by atoms with van der Waals surface area (Å²) in [5, 5.41) is 0.574. The molecule has 1 rings (SSSR count). The summed E-state index contributed by atoms with van der Waals surface area (Å²) in [5.41, 5.74) is 6.30. The van der Waals surface area contributed by atoms with Crippen LogP contribution in [0.5, 0.6) is 0 Å². The van der Waals surface area contributed by atoms with Crippen molar-refractivity contribution in [1.29, 1.82) is 0 Å². The summed E-state index contributed by atoms with van der Waals surface area (Å²) < 4.78 is 13.2. The van der Waals surface area contributed by atoms with E-state index < -0.39 is 12.6 Å². The number of hydrogen-bond acceptors (Lipinski definition) is 6. The van der Waals surface area contributed by atoms with Crippen LogP contribution in [0.4, 0.5) is 0 Å². The zero-order valence-electron chi connectivity index (χ0n) is 15.4. The third-order valence-electron chi connectivity index (χ3n) is 4.17. The van der Waals surface area contributed by atoms with E-state index in [2.05, 4.69) is 29.5 Å². The van der Waals surface area contributed by atoms with Gasteiger partial charge in [-0.3, -0.25) is 9.55 Å². The summed E-state index contributed by atoms with van der Waals surface area (Å²) in [6.07, 6.45) is 7.75.